The molecule has 0 atom stereocenters. The zero-order valence-electron chi connectivity index (χ0n) is 13.3. The zero-order valence-corrected chi connectivity index (χ0v) is 14.9. The highest BCUT2D eigenvalue weighted by Crippen LogP contribution is 2.25. The van der Waals surface area contributed by atoms with Gasteiger partial charge >= 0.3 is 0 Å². The van der Waals surface area contributed by atoms with Gasteiger partial charge in [0.2, 0.25) is 0 Å². The number of hydrogen-bond donors (Lipinski definition) is 3. The number of carbonyl (C=O) groups excluding carboxylic acids is 1. The Bertz CT molecular complexity index is 1000. The molecule has 0 radical (unpaired) electrons. The lowest BCUT2D eigenvalue weighted by molar-refractivity contribution is 0.102. The predicted octanol–water partition coefficient (Wildman–Crippen LogP) is 3.65. The molecule has 0 saturated carbocycles. The van der Waals surface area contributed by atoms with Crippen molar-refractivity contribution >= 4 is 45.9 Å². The number of halogens is 1. The van der Waals surface area contributed by atoms with Crippen molar-refractivity contribution in [3.8, 4) is 0 Å². The van der Waals surface area contributed by atoms with E-state index in [0.29, 0.717) is 27.2 Å². The molecule has 0 fully saturated rings. The molecule has 0 bridgehead atoms. The highest BCUT2D eigenvalue weighted by atomic mass is 35.5. The van der Waals surface area contributed by atoms with Crippen molar-refractivity contribution in [3.05, 3.63) is 69.0 Å². The molecule has 1 aromatic heterocycles. The lowest BCUT2D eigenvalue weighted by Crippen LogP contribution is -2.26. The van der Waals surface area contributed by atoms with Crippen LogP contribution in [0.2, 0.25) is 5.02 Å². The molecular formula is C18H15ClN2O3S. The molecule has 128 valence electrons. The van der Waals surface area contributed by atoms with Gasteiger partial charge in [-0.2, -0.15) is 0 Å². The SMILES string of the molecule is CSc1ccc2[nH]c(=O)c(C(=O)Nc3ccc(Cl)cc3)c(CO)c2c1. The molecule has 1 heterocycles. The fourth-order valence-corrected chi connectivity index (χ4v) is 3.16. The summed E-state index contributed by atoms with van der Waals surface area (Å²) in [7, 11) is 0. The number of amides is 1. The van der Waals surface area contributed by atoms with Gasteiger partial charge in [0, 0.05) is 32.1 Å². The Kier molecular flexibility index (Phi) is 5.13. The monoisotopic (exact) mass is 374 g/mol. The number of aliphatic hydroxyl groups excluding tert-OH is 1. The van der Waals surface area contributed by atoms with Crippen LogP contribution in [0.1, 0.15) is 15.9 Å². The maximum atomic E-state index is 12.6. The molecule has 7 heteroatoms. The van der Waals surface area contributed by atoms with Crippen LogP contribution in [0.3, 0.4) is 0 Å². The maximum absolute atomic E-state index is 12.6. The molecule has 25 heavy (non-hydrogen) atoms. The van der Waals surface area contributed by atoms with Crippen molar-refractivity contribution in [2.75, 3.05) is 11.6 Å². The Morgan fingerprint density at radius 2 is 1.96 bits per heavy atom. The Hall–Kier alpha value is -2.28. The van der Waals surface area contributed by atoms with Crippen LogP contribution < -0.4 is 10.9 Å². The molecular weight excluding hydrogens is 360 g/mol. The Labute approximate surface area is 153 Å². The number of benzene rings is 2. The fourth-order valence-electron chi connectivity index (χ4n) is 2.60. The van der Waals surface area contributed by atoms with E-state index in [1.807, 2.05) is 18.4 Å². The summed E-state index contributed by atoms with van der Waals surface area (Å²) < 4.78 is 0. The lowest BCUT2D eigenvalue weighted by Gasteiger charge is -2.12. The Balaban J connectivity index is 2.10. The van der Waals surface area contributed by atoms with E-state index in [2.05, 4.69) is 10.3 Å². The molecule has 3 rings (SSSR count). The molecule has 0 saturated heterocycles. The molecule has 0 aliphatic carbocycles. The van der Waals surface area contributed by atoms with Gasteiger partial charge in [0.25, 0.3) is 11.5 Å². The van der Waals surface area contributed by atoms with E-state index < -0.39 is 18.1 Å². The summed E-state index contributed by atoms with van der Waals surface area (Å²) in [5, 5.41) is 13.7. The van der Waals surface area contributed by atoms with Crippen molar-refractivity contribution in [1.29, 1.82) is 0 Å². The van der Waals surface area contributed by atoms with E-state index in [0.717, 1.165) is 4.90 Å². The molecule has 0 aliphatic rings. The third kappa shape index (κ3) is 3.56. The van der Waals surface area contributed by atoms with Crippen LogP contribution in [0.4, 0.5) is 5.69 Å². The van der Waals surface area contributed by atoms with Gasteiger partial charge in [0.05, 0.1) is 6.61 Å². The van der Waals surface area contributed by atoms with E-state index in [4.69, 9.17) is 11.6 Å². The second kappa shape index (κ2) is 7.31. The molecule has 0 spiro atoms. The van der Waals surface area contributed by atoms with Gasteiger partial charge in [-0.25, -0.2) is 0 Å². The van der Waals surface area contributed by atoms with Crippen LogP contribution in [0.25, 0.3) is 10.9 Å². The second-order valence-corrected chi connectivity index (χ2v) is 6.65. The van der Waals surface area contributed by atoms with Crippen LogP contribution in [0.15, 0.2) is 52.2 Å². The van der Waals surface area contributed by atoms with Gasteiger partial charge in [-0.15, -0.1) is 11.8 Å². The number of H-pyrrole nitrogens is 1. The van der Waals surface area contributed by atoms with Crippen molar-refractivity contribution < 1.29 is 9.90 Å². The van der Waals surface area contributed by atoms with Crippen LogP contribution in [-0.2, 0) is 6.61 Å². The first-order valence-electron chi connectivity index (χ1n) is 7.44. The van der Waals surface area contributed by atoms with Crippen LogP contribution in [-0.4, -0.2) is 22.3 Å². The first-order valence-corrected chi connectivity index (χ1v) is 9.04. The van der Waals surface area contributed by atoms with Crippen molar-refractivity contribution in [3.63, 3.8) is 0 Å². The standard InChI is InChI=1S/C18H15ClN2O3S/c1-25-12-6-7-15-13(8-12)14(9-22)16(18(24)21-15)17(23)20-11-4-2-10(19)3-5-11/h2-8,22H,9H2,1H3,(H,20,23)(H,21,24). The molecule has 3 N–H and O–H groups in total. The second-order valence-electron chi connectivity index (χ2n) is 5.34. The number of hydrogen-bond acceptors (Lipinski definition) is 4. The summed E-state index contributed by atoms with van der Waals surface area (Å²) in [5.74, 6) is -0.580. The Morgan fingerprint density at radius 3 is 2.60 bits per heavy atom. The maximum Gasteiger partial charge on any atom is 0.261 e. The van der Waals surface area contributed by atoms with Gasteiger partial charge < -0.3 is 15.4 Å². The fraction of sp³-hybridized carbons (Fsp3) is 0.111. The van der Waals surface area contributed by atoms with Gasteiger partial charge in [-0.1, -0.05) is 11.6 Å². The van der Waals surface area contributed by atoms with E-state index in [-0.39, 0.29) is 5.56 Å². The average molecular weight is 375 g/mol. The quantitative estimate of drug-likeness (QED) is 0.609. The Morgan fingerprint density at radius 1 is 1.24 bits per heavy atom. The van der Waals surface area contributed by atoms with E-state index in [9.17, 15) is 14.7 Å². The zero-order chi connectivity index (χ0) is 18.0. The number of aromatic nitrogens is 1. The molecule has 0 aliphatic heterocycles. The summed E-state index contributed by atoms with van der Waals surface area (Å²) >= 11 is 7.37. The number of pyridine rings is 1. The number of aromatic amines is 1. The molecule has 2 aromatic carbocycles. The van der Waals surface area contributed by atoms with Gasteiger partial charge in [-0.05, 0) is 48.7 Å². The van der Waals surface area contributed by atoms with Gasteiger partial charge in [0.1, 0.15) is 5.56 Å². The van der Waals surface area contributed by atoms with E-state index >= 15 is 0 Å². The number of carbonyl (C=O) groups is 1. The molecule has 3 aromatic rings. The lowest BCUT2D eigenvalue weighted by atomic mass is 10.0. The van der Waals surface area contributed by atoms with Crippen molar-refractivity contribution in [2.24, 2.45) is 0 Å². The molecule has 0 unspecified atom stereocenters. The van der Waals surface area contributed by atoms with E-state index in [1.165, 1.54) is 11.8 Å². The topological polar surface area (TPSA) is 82.2 Å². The smallest absolute Gasteiger partial charge is 0.261 e. The first kappa shape index (κ1) is 17.5. The average Bonchev–Trinajstić information content (AvgIpc) is 2.61. The molecule has 5 nitrogen and oxygen atoms in total. The van der Waals surface area contributed by atoms with Crippen molar-refractivity contribution in [1.82, 2.24) is 4.98 Å². The minimum absolute atomic E-state index is 0.0943. The number of aliphatic hydroxyl groups is 1. The summed E-state index contributed by atoms with van der Waals surface area (Å²) in [6.07, 6.45) is 1.93. The highest BCUT2D eigenvalue weighted by Gasteiger charge is 2.19. The number of rotatable bonds is 4. The highest BCUT2D eigenvalue weighted by molar-refractivity contribution is 7.98. The number of anilines is 1. The van der Waals surface area contributed by atoms with Gasteiger partial charge in [0.15, 0.2) is 0 Å². The third-order valence-corrected chi connectivity index (χ3v) is 4.79. The summed E-state index contributed by atoms with van der Waals surface area (Å²) in [4.78, 5) is 28.7. The van der Waals surface area contributed by atoms with Crippen LogP contribution in [0.5, 0.6) is 0 Å². The molecule has 1 amide bonds. The predicted molar refractivity (Wildman–Crippen MR) is 102 cm³/mol. The van der Waals surface area contributed by atoms with Crippen LogP contribution in [0, 0.1) is 0 Å². The first-order chi connectivity index (χ1) is 12.0. The number of nitrogens with one attached hydrogen (secondary N) is 2. The normalized spacial score (nSPS) is 10.8. The van der Waals surface area contributed by atoms with E-state index in [1.54, 1.807) is 30.3 Å². The summed E-state index contributed by atoms with van der Waals surface area (Å²) in [6, 6.07) is 12.0. The largest absolute Gasteiger partial charge is 0.392 e. The third-order valence-electron chi connectivity index (χ3n) is 3.82. The van der Waals surface area contributed by atoms with Crippen molar-refractivity contribution in [2.45, 2.75) is 11.5 Å². The summed E-state index contributed by atoms with van der Waals surface area (Å²) in [5.41, 5.74) is 0.759. The summed E-state index contributed by atoms with van der Waals surface area (Å²) in [6.45, 7) is -0.415. The van der Waals surface area contributed by atoms with Gasteiger partial charge in [-0.3, -0.25) is 9.59 Å². The minimum Gasteiger partial charge on any atom is -0.392 e. The number of fused-ring (bicyclic) bond motifs is 1. The van der Waals surface area contributed by atoms with Crippen LogP contribution >= 0.6 is 23.4 Å². The minimum atomic E-state index is -0.580. The number of thioether (sulfide) groups is 1.